The van der Waals surface area contributed by atoms with Crippen molar-refractivity contribution in [3.8, 4) is 5.75 Å². The van der Waals surface area contributed by atoms with Gasteiger partial charge in [0.05, 0.1) is 12.8 Å². The molecule has 0 saturated carbocycles. The van der Waals surface area contributed by atoms with Gasteiger partial charge in [-0.15, -0.1) is 0 Å². The number of aryl methyl sites for hydroxylation is 2. The van der Waals surface area contributed by atoms with Gasteiger partial charge in [0.15, 0.2) is 5.11 Å². The molecule has 1 aromatic carbocycles. The van der Waals surface area contributed by atoms with E-state index in [1.165, 1.54) is 0 Å². The standard InChI is InChI=1S/C16H19N3O2S/c1-10-9-15(12(3)21-10)11(2)18-19-16(22)17-13-5-7-14(20-4)8-6-13/h5-9H,1-4H3,(H2,17,19,22)/b18-11-. The first-order valence-electron chi connectivity index (χ1n) is 6.82. The van der Waals surface area contributed by atoms with Crippen LogP contribution in [0.15, 0.2) is 39.9 Å². The molecule has 6 heteroatoms. The monoisotopic (exact) mass is 317 g/mol. The highest BCUT2D eigenvalue weighted by molar-refractivity contribution is 7.80. The lowest BCUT2D eigenvalue weighted by Gasteiger charge is -2.08. The Balaban J connectivity index is 1.96. The molecular formula is C16H19N3O2S. The van der Waals surface area contributed by atoms with Crippen LogP contribution in [0, 0.1) is 13.8 Å². The van der Waals surface area contributed by atoms with Gasteiger partial charge >= 0.3 is 0 Å². The molecule has 1 heterocycles. The Bertz CT molecular complexity index is 690. The first-order valence-corrected chi connectivity index (χ1v) is 7.23. The third-order valence-electron chi connectivity index (χ3n) is 3.10. The van der Waals surface area contributed by atoms with Crippen LogP contribution in [0.1, 0.15) is 24.0 Å². The second-order valence-electron chi connectivity index (χ2n) is 4.82. The van der Waals surface area contributed by atoms with Crippen molar-refractivity contribution in [2.45, 2.75) is 20.8 Å². The molecule has 0 atom stereocenters. The summed E-state index contributed by atoms with van der Waals surface area (Å²) in [6, 6.07) is 9.43. The molecule has 2 aromatic rings. The number of anilines is 1. The van der Waals surface area contributed by atoms with E-state index in [0.717, 1.165) is 34.2 Å². The number of nitrogens with one attached hydrogen (secondary N) is 2. The van der Waals surface area contributed by atoms with Gasteiger partial charge in [-0.3, -0.25) is 5.43 Å². The molecule has 116 valence electrons. The molecule has 0 aliphatic rings. The summed E-state index contributed by atoms with van der Waals surface area (Å²) in [6.45, 7) is 5.72. The highest BCUT2D eigenvalue weighted by Crippen LogP contribution is 2.15. The molecule has 0 fully saturated rings. The number of thiocarbonyl (C=S) groups is 1. The zero-order valence-electron chi connectivity index (χ0n) is 13.1. The van der Waals surface area contributed by atoms with Gasteiger partial charge in [-0.25, -0.2) is 0 Å². The Labute approximate surface area is 135 Å². The topological polar surface area (TPSA) is 58.8 Å². The van der Waals surface area contributed by atoms with Crippen molar-refractivity contribution in [2.75, 3.05) is 12.4 Å². The molecular weight excluding hydrogens is 298 g/mol. The van der Waals surface area contributed by atoms with Crippen molar-refractivity contribution < 1.29 is 9.15 Å². The minimum atomic E-state index is 0.419. The SMILES string of the molecule is COc1ccc(NC(=S)N/N=C(/C)c2cc(C)oc2C)cc1. The number of rotatable bonds is 4. The molecule has 0 unspecified atom stereocenters. The molecule has 0 aliphatic heterocycles. The van der Waals surface area contributed by atoms with Crippen LogP contribution in [0.5, 0.6) is 5.75 Å². The largest absolute Gasteiger partial charge is 0.497 e. The third-order valence-corrected chi connectivity index (χ3v) is 3.30. The summed E-state index contributed by atoms with van der Waals surface area (Å²) in [5, 5.41) is 7.75. The summed E-state index contributed by atoms with van der Waals surface area (Å²) in [7, 11) is 1.63. The summed E-state index contributed by atoms with van der Waals surface area (Å²) < 4.78 is 10.6. The van der Waals surface area contributed by atoms with Crippen LogP contribution in [0.25, 0.3) is 0 Å². The number of ether oxygens (including phenoxy) is 1. The molecule has 22 heavy (non-hydrogen) atoms. The lowest BCUT2D eigenvalue weighted by molar-refractivity contribution is 0.415. The molecule has 2 N–H and O–H groups in total. The summed E-state index contributed by atoms with van der Waals surface area (Å²) >= 11 is 5.22. The Kier molecular flexibility index (Phi) is 5.16. The van der Waals surface area contributed by atoms with E-state index in [2.05, 4.69) is 15.8 Å². The lowest BCUT2D eigenvalue weighted by atomic mass is 10.2. The molecule has 0 spiro atoms. The Morgan fingerprint density at radius 3 is 2.45 bits per heavy atom. The fourth-order valence-electron chi connectivity index (χ4n) is 2.02. The van der Waals surface area contributed by atoms with Gasteiger partial charge in [-0.05, 0) is 63.3 Å². The van der Waals surface area contributed by atoms with Crippen LogP contribution in [0.4, 0.5) is 5.69 Å². The van der Waals surface area contributed by atoms with Gasteiger partial charge in [-0.1, -0.05) is 0 Å². The molecule has 2 rings (SSSR count). The van der Waals surface area contributed by atoms with Crippen LogP contribution in [0.3, 0.4) is 0 Å². The molecule has 5 nitrogen and oxygen atoms in total. The first-order chi connectivity index (χ1) is 10.5. The van der Waals surface area contributed by atoms with E-state index in [1.54, 1.807) is 7.11 Å². The second kappa shape index (κ2) is 7.09. The average Bonchev–Trinajstić information content (AvgIpc) is 2.84. The number of furan rings is 1. The number of benzene rings is 1. The number of hydrogen-bond acceptors (Lipinski definition) is 4. The van der Waals surface area contributed by atoms with E-state index in [1.807, 2.05) is 51.1 Å². The zero-order chi connectivity index (χ0) is 16.1. The number of hydrazone groups is 1. The quantitative estimate of drug-likeness (QED) is 0.512. The highest BCUT2D eigenvalue weighted by atomic mass is 32.1. The normalized spacial score (nSPS) is 11.2. The van der Waals surface area contributed by atoms with Gasteiger partial charge in [-0.2, -0.15) is 5.10 Å². The van der Waals surface area contributed by atoms with E-state index in [4.69, 9.17) is 21.4 Å². The maximum absolute atomic E-state index is 5.49. The summed E-state index contributed by atoms with van der Waals surface area (Å²) in [6.07, 6.45) is 0. The van der Waals surface area contributed by atoms with E-state index < -0.39 is 0 Å². The maximum atomic E-state index is 5.49. The molecule has 1 aromatic heterocycles. The molecule has 0 amide bonds. The van der Waals surface area contributed by atoms with Crippen LogP contribution in [0.2, 0.25) is 0 Å². The Morgan fingerprint density at radius 2 is 1.91 bits per heavy atom. The predicted octanol–water partition coefficient (Wildman–Crippen LogP) is 3.62. The Hall–Kier alpha value is -2.34. The third kappa shape index (κ3) is 4.08. The molecule has 0 radical (unpaired) electrons. The van der Waals surface area contributed by atoms with E-state index in [9.17, 15) is 0 Å². The predicted molar refractivity (Wildman–Crippen MR) is 92.7 cm³/mol. The second-order valence-corrected chi connectivity index (χ2v) is 5.23. The summed E-state index contributed by atoms with van der Waals surface area (Å²) in [5.41, 5.74) is 5.48. The molecule has 0 aliphatic carbocycles. The lowest BCUT2D eigenvalue weighted by Crippen LogP contribution is -2.24. The fourth-order valence-corrected chi connectivity index (χ4v) is 2.18. The van der Waals surface area contributed by atoms with E-state index in [0.29, 0.717) is 5.11 Å². The van der Waals surface area contributed by atoms with Gasteiger partial charge in [0.2, 0.25) is 0 Å². The van der Waals surface area contributed by atoms with Crippen molar-refractivity contribution in [3.63, 3.8) is 0 Å². The fraction of sp³-hybridized carbons (Fsp3) is 0.250. The highest BCUT2D eigenvalue weighted by Gasteiger charge is 2.07. The van der Waals surface area contributed by atoms with E-state index in [-0.39, 0.29) is 0 Å². The van der Waals surface area contributed by atoms with Crippen molar-refractivity contribution in [1.82, 2.24) is 5.43 Å². The smallest absolute Gasteiger partial charge is 0.191 e. The zero-order valence-corrected chi connectivity index (χ0v) is 13.9. The number of methoxy groups -OCH3 is 1. The van der Waals surface area contributed by atoms with Gasteiger partial charge in [0.1, 0.15) is 17.3 Å². The van der Waals surface area contributed by atoms with Crippen molar-refractivity contribution >= 4 is 28.7 Å². The van der Waals surface area contributed by atoms with Crippen molar-refractivity contribution in [2.24, 2.45) is 5.10 Å². The number of nitrogens with zero attached hydrogens (tertiary/aromatic N) is 1. The van der Waals surface area contributed by atoms with Gasteiger partial charge in [0.25, 0.3) is 0 Å². The minimum Gasteiger partial charge on any atom is -0.497 e. The molecule has 0 saturated heterocycles. The van der Waals surface area contributed by atoms with Crippen molar-refractivity contribution in [1.29, 1.82) is 0 Å². The van der Waals surface area contributed by atoms with E-state index >= 15 is 0 Å². The Morgan fingerprint density at radius 1 is 1.23 bits per heavy atom. The molecule has 0 bridgehead atoms. The van der Waals surface area contributed by atoms with Crippen LogP contribution in [-0.2, 0) is 0 Å². The summed E-state index contributed by atoms with van der Waals surface area (Å²) in [4.78, 5) is 0. The minimum absolute atomic E-state index is 0.419. The first kappa shape index (κ1) is 16.0. The van der Waals surface area contributed by atoms with Crippen LogP contribution in [-0.4, -0.2) is 17.9 Å². The number of hydrogen-bond donors (Lipinski definition) is 2. The average molecular weight is 317 g/mol. The van der Waals surface area contributed by atoms with Crippen LogP contribution >= 0.6 is 12.2 Å². The van der Waals surface area contributed by atoms with Crippen LogP contribution < -0.4 is 15.5 Å². The maximum Gasteiger partial charge on any atom is 0.191 e. The van der Waals surface area contributed by atoms with Crippen molar-refractivity contribution in [3.05, 3.63) is 47.4 Å². The summed E-state index contributed by atoms with van der Waals surface area (Å²) in [5.74, 6) is 2.50. The van der Waals surface area contributed by atoms with Gasteiger partial charge < -0.3 is 14.5 Å². The van der Waals surface area contributed by atoms with Gasteiger partial charge in [0, 0.05) is 11.3 Å².